The Hall–Kier alpha value is -0.570. The van der Waals surface area contributed by atoms with E-state index >= 15 is 0 Å². The number of esters is 1. The lowest BCUT2D eigenvalue weighted by Gasteiger charge is -1.95. The maximum absolute atomic E-state index is 10.9. The Morgan fingerprint density at radius 1 is 1.46 bits per heavy atom. The molecule has 2 nitrogen and oxygen atoms in total. The van der Waals surface area contributed by atoms with Gasteiger partial charge in [0.15, 0.2) is 0 Å². The number of carbonyl (C=O) groups is 1. The molecule has 0 unspecified atom stereocenters. The zero-order chi connectivity index (χ0) is 9.94. The number of ether oxygens (including phenoxy) is 1. The third kappa shape index (κ3) is 9.34. The fraction of sp³-hybridized carbons (Fsp3) is 0.500. The van der Waals surface area contributed by atoms with Gasteiger partial charge in [0.05, 0.1) is 0 Å². The van der Waals surface area contributed by atoms with Crippen molar-refractivity contribution in [3.63, 3.8) is 0 Å². The standard InChI is InChI=1S/C10H15BrO2/c1-2-9-13-10(12)7-5-3-4-6-8-11/h2,5,7H,1,3-4,6,8-9H2/b7-5+. The second-order valence-electron chi connectivity index (χ2n) is 2.51. The molecule has 0 rings (SSSR count). The second kappa shape index (κ2) is 9.52. The van der Waals surface area contributed by atoms with Gasteiger partial charge >= 0.3 is 5.97 Å². The summed E-state index contributed by atoms with van der Waals surface area (Å²) in [5.74, 6) is -0.293. The molecule has 74 valence electrons. The van der Waals surface area contributed by atoms with Crippen LogP contribution in [0.25, 0.3) is 0 Å². The van der Waals surface area contributed by atoms with Gasteiger partial charge in [0.25, 0.3) is 0 Å². The molecule has 0 aromatic heterocycles. The van der Waals surface area contributed by atoms with Gasteiger partial charge in [-0.15, -0.1) is 0 Å². The van der Waals surface area contributed by atoms with Gasteiger partial charge in [-0.25, -0.2) is 4.79 Å². The zero-order valence-corrected chi connectivity index (χ0v) is 9.26. The Kier molecular flexibility index (Phi) is 9.10. The monoisotopic (exact) mass is 246 g/mol. The van der Waals surface area contributed by atoms with Crippen LogP contribution in [-0.2, 0) is 9.53 Å². The molecule has 0 spiro atoms. The first-order valence-corrected chi connectivity index (χ1v) is 5.43. The van der Waals surface area contributed by atoms with Crippen LogP contribution in [-0.4, -0.2) is 17.9 Å². The van der Waals surface area contributed by atoms with Crippen molar-refractivity contribution in [1.82, 2.24) is 0 Å². The maximum atomic E-state index is 10.9. The van der Waals surface area contributed by atoms with Crippen molar-refractivity contribution in [1.29, 1.82) is 0 Å². The zero-order valence-electron chi connectivity index (χ0n) is 7.67. The van der Waals surface area contributed by atoms with Gasteiger partial charge in [-0.1, -0.05) is 34.7 Å². The second-order valence-corrected chi connectivity index (χ2v) is 3.30. The molecule has 0 atom stereocenters. The average Bonchev–Trinajstić information content (AvgIpc) is 2.14. The summed E-state index contributed by atoms with van der Waals surface area (Å²) >= 11 is 3.34. The minimum atomic E-state index is -0.293. The molecule has 0 aliphatic carbocycles. The molecule has 13 heavy (non-hydrogen) atoms. The third-order valence-corrected chi connectivity index (χ3v) is 1.91. The van der Waals surface area contributed by atoms with Crippen molar-refractivity contribution in [3.8, 4) is 0 Å². The topological polar surface area (TPSA) is 26.3 Å². The highest BCUT2D eigenvalue weighted by Crippen LogP contribution is 1.99. The first-order valence-electron chi connectivity index (χ1n) is 4.31. The number of rotatable bonds is 7. The lowest BCUT2D eigenvalue weighted by atomic mass is 10.2. The predicted molar refractivity (Wildman–Crippen MR) is 57.9 cm³/mol. The van der Waals surface area contributed by atoms with E-state index in [0.717, 1.165) is 24.6 Å². The van der Waals surface area contributed by atoms with Gasteiger partial charge in [-0.05, 0) is 19.3 Å². The van der Waals surface area contributed by atoms with Gasteiger partial charge in [0.2, 0.25) is 0 Å². The normalized spacial score (nSPS) is 10.2. The molecule has 0 heterocycles. The molecule has 0 aromatic carbocycles. The van der Waals surface area contributed by atoms with Crippen LogP contribution in [0.4, 0.5) is 0 Å². The van der Waals surface area contributed by atoms with E-state index in [0.29, 0.717) is 0 Å². The third-order valence-electron chi connectivity index (χ3n) is 1.35. The summed E-state index contributed by atoms with van der Waals surface area (Å²) in [5.41, 5.74) is 0. The molecule has 0 N–H and O–H groups in total. The maximum Gasteiger partial charge on any atom is 0.330 e. The summed E-state index contributed by atoms with van der Waals surface area (Å²) in [6, 6.07) is 0. The van der Waals surface area contributed by atoms with Crippen molar-refractivity contribution in [2.75, 3.05) is 11.9 Å². The van der Waals surface area contributed by atoms with E-state index in [9.17, 15) is 4.79 Å². The van der Waals surface area contributed by atoms with Crippen LogP contribution in [0.15, 0.2) is 24.8 Å². The Balaban J connectivity index is 3.36. The summed E-state index contributed by atoms with van der Waals surface area (Å²) in [5, 5.41) is 1.02. The van der Waals surface area contributed by atoms with E-state index in [1.807, 2.05) is 6.08 Å². The van der Waals surface area contributed by atoms with E-state index in [2.05, 4.69) is 22.5 Å². The van der Waals surface area contributed by atoms with E-state index in [-0.39, 0.29) is 12.6 Å². The molecule has 3 heteroatoms. The molecule has 0 bridgehead atoms. The van der Waals surface area contributed by atoms with Crippen LogP contribution < -0.4 is 0 Å². The molecular weight excluding hydrogens is 232 g/mol. The Morgan fingerprint density at radius 3 is 2.85 bits per heavy atom. The average molecular weight is 247 g/mol. The number of hydrogen-bond acceptors (Lipinski definition) is 2. The molecule has 0 amide bonds. The van der Waals surface area contributed by atoms with Crippen LogP contribution in [0, 0.1) is 0 Å². The minimum absolute atomic E-state index is 0.282. The molecule has 0 aliphatic rings. The van der Waals surface area contributed by atoms with E-state index < -0.39 is 0 Å². The number of alkyl halides is 1. The summed E-state index contributed by atoms with van der Waals surface area (Å²) < 4.78 is 4.74. The van der Waals surface area contributed by atoms with Gasteiger partial charge in [0.1, 0.15) is 6.61 Å². The minimum Gasteiger partial charge on any atom is -0.458 e. The molecule has 0 fully saturated rings. The quantitative estimate of drug-likeness (QED) is 0.227. The van der Waals surface area contributed by atoms with Crippen molar-refractivity contribution in [3.05, 3.63) is 24.8 Å². The molecule has 0 aromatic rings. The van der Waals surface area contributed by atoms with Gasteiger partial charge < -0.3 is 4.74 Å². The lowest BCUT2D eigenvalue weighted by Crippen LogP contribution is -1.99. The largest absolute Gasteiger partial charge is 0.458 e. The van der Waals surface area contributed by atoms with Crippen LogP contribution >= 0.6 is 15.9 Å². The number of hydrogen-bond donors (Lipinski definition) is 0. The first kappa shape index (κ1) is 12.4. The van der Waals surface area contributed by atoms with Gasteiger partial charge in [0, 0.05) is 11.4 Å². The van der Waals surface area contributed by atoms with Gasteiger partial charge in [-0.3, -0.25) is 0 Å². The van der Waals surface area contributed by atoms with Crippen molar-refractivity contribution in [2.24, 2.45) is 0 Å². The van der Waals surface area contributed by atoms with Crippen molar-refractivity contribution in [2.45, 2.75) is 19.3 Å². The number of unbranched alkanes of at least 4 members (excludes halogenated alkanes) is 2. The van der Waals surface area contributed by atoms with Crippen molar-refractivity contribution < 1.29 is 9.53 Å². The number of carbonyl (C=O) groups excluding carboxylic acids is 1. The summed E-state index contributed by atoms with van der Waals surface area (Å²) in [6.07, 6.45) is 8.01. The Morgan fingerprint density at radius 2 is 2.23 bits per heavy atom. The highest BCUT2D eigenvalue weighted by molar-refractivity contribution is 9.09. The molecular formula is C10H15BrO2. The molecule has 0 aliphatic heterocycles. The predicted octanol–water partition coefficient (Wildman–Crippen LogP) is 2.84. The first-order chi connectivity index (χ1) is 6.31. The van der Waals surface area contributed by atoms with Crippen LogP contribution in [0.5, 0.6) is 0 Å². The van der Waals surface area contributed by atoms with Crippen LogP contribution in [0.1, 0.15) is 19.3 Å². The summed E-state index contributed by atoms with van der Waals surface area (Å²) in [7, 11) is 0. The summed E-state index contributed by atoms with van der Waals surface area (Å²) in [4.78, 5) is 10.9. The fourth-order valence-electron chi connectivity index (χ4n) is 0.725. The molecule has 0 saturated heterocycles. The highest BCUT2D eigenvalue weighted by atomic mass is 79.9. The smallest absolute Gasteiger partial charge is 0.330 e. The lowest BCUT2D eigenvalue weighted by molar-refractivity contribution is -0.136. The van der Waals surface area contributed by atoms with E-state index in [4.69, 9.17) is 4.74 Å². The number of halogens is 1. The molecule has 0 saturated carbocycles. The summed E-state index contributed by atoms with van der Waals surface area (Å²) in [6.45, 7) is 3.73. The highest BCUT2D eigenvalue weighted by Gasteiger charge is 1.92. The Bertz CT molecular complexity index is 176. The number of allylic oxidation sites excluding steroid dienone is 1. The fourth-order valence-corrected chi connectivity index (χ4v) is 1.12. The van der Waals surface area contributed by atoms with Crippen LogP contribution in [0.2, 0.25) is 0 Å². The Labute approximate surface area is 87.8 Å². The van der Waals surface area contributed by atoms with Crippen molar-refractivity contribution >= 4 is 21.9 Å². The van der Waals surface area contributed by atoms with Gasteiger partial charge in [-0.2, -0.15) is 0 Å². The molecule has 0 radical (unpaired) electrons. The SMILES string of the molecule is C=CCOC(=O)/C=C/CCCCBr. The van der Waals surface area contributed by atoms with Crippen LogP contribution in [0.3, 0.4) is 0 Å². The van der Waals surface area contributed by atoms with E-state index in [1.165, 1.54) is 6.08 Å². The van der Waals surface area contributed by atoms with E-state index in [1.54, 1.807) is 6.08 Å².